The molecule has 0 N–H and O–H groups in total. The Kier molecular flexibility index (Phi) is 6.82. The van der Waals surface area contributed by atoms with Crippen molar-refractivity contribution in [3.8, 4) is 5.75 Å². The van der Waals surface area contributed by atoms with Crippen LogP contribution in [0.5, 0.6) is 5.75 Å². The number of unbranched alkanes of at least 4 members (excludes halogenated alkanes) is 1. The molecular formula is C31H35N3O2. The first-order chi connectivity index (χ1) is 17.4. The van der Waals surface area contributed by atoms with Crippen molar-refractivity contribution in [3.05, 3.63) is 88.7 Å². The maximum Gasteiger partial charge on any atom is 0.227 e. The SMILES string of the molecule is Cc1ccc(C)c(OCCCCn2c(C3CC(=O)N(c4ccc(C)c(C)c4)C3)nc3ccccc32)c1. The molecule has 1 aliphatic heterocycles. The number of benzene rings is 3. The minimum atomic E-state index is 0.0812. The van der Waals surface area contributed by atoms with Crippen molar-refractivity contribution in [3.63, 3.8) is 0 Å². The normalized spacial score (nSPS) is 15.7. The smallest absolute Gasteiger partial charge is 0.227 e. The van der Waals surface area contributed by atoms with Gasteiger partial charge in [-0.1, -0.05) is 30.3 Å². The quantitative estimate of drug-likeness (QED) is 0.265. The first kappa shape index (κ1) is 24.1. The summed E-state index contributed by atoms with van der Waals surface area (Å²) in [5, 5.41) is 0. The third kappa shape index (κ3) is 4.88. The van der Waals surface area contributed by atoms with Gasteiger partial charge in [0.25, 0.3) is 0 Å². The second-order valence-corrected chi connectivity index (χ2v) is 10.1. The Bertz CT molecular complexity index is 1400. The van der Waals surface area contributed by atoms with Gasteiger partial charge in [0.2, 0.25) is 5.91 Å². The van der Waals surface area contributed by atoms with E-state index in [2.05, 4.69) is 86.9 Å². The van der Waals surface area contributed by atoms with Crippen LogP contribution < -0.4 is 9.64 Å². The number of aryl methyl sites for hydroxylation is 5. The van der Waals surface area contributed by atoms with Gasteiger partial charge in [0.05, 0.1) is 17.6 Å². The highest BCUT2D eigenvalue weighted by molar-refractivity contribution is 5.96. The summed E-state index contributed by atoms with van der Waals surface area (Å²) in [5.74, 6) is 2.24. The summed E-state index contributed by atoms with van der Waals surface area (Å²) in [4.78, 5) is 20.0. The lowest BCUT2D eigenvalue weighted by molar-refractivity contribution is -0.117. The number of ether oxygens (including phenoxy) is 1. The molecule has 0 aliphatic carbocycles. The van der Waals surface area contributed by atoms with Crippen LogP contribution >= 0.6 is 0 Å². The largest absolute Gasteiger partial charge is 0.493 e. The fourth-order valence-electron chi connectivity index (χ4n) is 5.08. The molecule has 186 valence electrons. The van der Waals surface area contributed by atoms with E-state index in [4.69, 9.17) is 9.72 Å². The van der Waals surface area contributed by atoms with Crippen LogP contribution in [0.1, 0.15) is 53.3 Å². The maximum atomic E-state index is 13.0. The van der Waals surface area contributed by atoms with Gasteiger partial charge in [-0.2, -0.15) is 0 Å². The number of carbonyl (C=O) groups excluding carboxylic acids is 1. The first-order valence-electron chi connectivity index (χ1n) is 12.9. The molecule has 36 heavy (non-hydrogen) atoms. The van der Waals surface area contributed by atoms with E-state index in [0.29, 0.717) is 19.6 Å². The van der Waals surface area contributed by atoms with Gasteiger partial charge in [-0.05, 0) is 93.1 Å². The minimum absolute atomic E-state index is 0.0812. The summed E-state index contributed by atoms with van der Waals surface area (Å²) in [6.07, 6.45) is 2.43. The van der Waals surface area contributed by atoms with Crippen LogP contribution in [0.3, 0.4) is 0 Å². The monoisotopic (exact) mass is 481 g/mol. The van der Waals surface area contributed by atoms with E-state index in [0.717, 1.165) is 47.7 Å². The fourth-order valence-corrected chi connectivity index (χ4v) is 5.08. The van der Waals surface area contributed by atoms with E-state index in [9.17, 15) is 4.79 Å². The van der Waals surface area contributed by atoms with Crippen molar-refractivity contribution in [1.29, 1.82) is 0 Å². The van der Waals surface area contributed by atoms with E-state index in [1.807, 2.05) is 11.0 Å². The van der Waals surface area contributed by atoms with Crippen LogP contribution in [-0.4, -0.2) is 28.6 Å². The third-order valence-corrected chi connectivity index (χ3v) is 7.35. The van der Waals surface area contributed by atoms with E-state index in [1.54, 1.807) is 0 Å². The van der Waals surface area contributed by atoms with Gasteiger partial charge in [-0.25, -0.2) is 4.98 Å². The minimum Gasteiger partial charge on any atom is -0.493 e. The predicted octanol–water partition coefficient (Wildman–Crippen LogP) is 6.65. The zero-order valence-electron chi connectivity index (χ0n) is 21.8. The Labute approximate surface area is 213 Å². The standard InChI is InChI=1S/C31H35N3O2/c1-21-11-12-23(3)29(17-21)36-16-8-7-15-33-28-10-6-5-9-27(28)32-31(33)25-19-30(35)34(20-25)26-14-13-22(2)24(4)18-26/h5-6,9-14,17-18,25H,7-8,15-16,19-20H2,1-4H3. The number of imidazole rings is 1. The number of para-hydroxylation sites is 2. The van der Waals surface area contributed by atoms with Gasteiger partial charge >= 0.3 is 0 Å². The number of amides is 1. The average Bonchev–Trinajstić information content (AvgIpc) is 3.43. The maximum absolute atomic E-state index is 13.0. The lowest BCUT2D eigenvalue weighted by atomic mass is 10.1. The van der Waals surface area contributed by atoms with Crippen LogP contribution in [0.4, 0.5) is 5.69 Å². The summed E-state index contributed by atoms with van der Waals surface area (Å²) in [6, 6.07) is 20.9. The Balaban J connectivity index is 1.30. The van der Waals surface area contributed by atoms with Gasteiger partial charge in [-0.3, -0.25) is 4.79 Å². The molecule has 2 heterocycles. The van der Waals surface area contributed by atoms with E-state index in [1.165, 1.54) is 22.3 Å². The Morgan fingerprint density at radius 2 is 1.72 bits per heavy atom. The van der Waals surface area contributed by atoms with E-state index in [-0.39, 0.29) is 11.8 Å². The molecule has 1 unspecified atom stereocenters. The predicted molar refractivity (Wildman–Crippen MR) is 146 cm³/mol. The van der Waals surface area contributed by atoms with Crippen LogP contribution in [0.15, 0.2) is 60.7 Å². The number of hydrogen-bond acceptors (Lipinski definition) is 3. The molecule has 1 amide bonds. The molecule has 3 aromatic carbocycles. The Morgan fingerprint density at radius 3 is 2.56 bits per heavy atom. The highest BCUT2D eigenvalue weighted by Gasteiger charge is 2.34. The number of anilines is 1. The van der Waals surface area contributed by atoms with Crippen LogP contribution in [0.2, 0.25) is 0 Å². The summed E-state index contributed by atoms with van der Waals surface area (Å²) >= 11 is 0. The van der Waals surface area contributed by atoms with Crippen molar-refractivity contribution in [2.24, 2.45) is 0 Å². The molecule has 1 saturated heterocycles. The topological polar surface area (TPSA) is 47.4 Å². The number of hydrogen-bond donors (Lipinski definition) is 0. The molecular weight excluding hydrogens is 446 g/mol. The molecule has 1 fully saturated rings. The zero-order chi connectivity index (χ0) is 25.2. The lowest BCUT2D eigenvalue weighted by Crippen LogP contribution is -2.24. The molecule has 5 rings (SSSR count). The molecule has 1 atom stereocenters. The molecule has 5 heteroatoms. The molecule has 0 radical (unpaired) electrons. The van der Waals surface area contributed by atoms with Crippen LogP contribution in [0.25, 0.3) is 11.0 Å². The van der Waals surface area contributed by atoms with Gasteiger partial charge in [0.1, 0.15) is 11.6 Å². The third-order valence-electron chi connectivity index (χ3n) is 7.35. The highest BCUT2D eigenvalue weighted by atomic mass is 16.5. The van der Waals surface area contributed by atoms with Crippen LogP contribution in [0, 0.1) is 27.7 Å². The van der Waals surface area contributed by atoms with Crippen molar-refractivity contribution in [2.45, 2.75) is 59.4 Å². The van der Waals surface area contributed by atoms with Crippen LogP contribution in [-0.2, 0) is 11.3 Å². The van der Waals surface area contributed by atoms with Gasteiger partial charge in [-0.15, -0.1) is 0 Å². The number of carbonyl (C=O) groups is 1. The second-order valence-electron chi connectivity index (χ2n) is 10.1. The number of rotatable bonds is 8. The summed E-state index contributed by atoms with van der Waals surface area (Å²) < 4.78 is 8.40. The molecule has 1 aromatic heterocycles. The molecule has 5 nitrogen and oxygen atoms in total. The number of aromatic nitrogens is 2. The highest BCUT2D eigenvalue weighted by Crippen LogP contribution is 2.34. The Hall–Kier alpha value is -3.60. The molecule has 0 spiro atoms. The summed E-state index contributed by atoms with van der Waals surface area (Å²) in [5.41, 5.74) is 7.95. The first-order valence-corrected chi connectivity index (χ1v) is 12.9. The summed E-state index contributed by atoms with van der Waals surface area (Å²) in [6.45, 7) is 10.6. The zero-order valence-corrected chi connectivity index (χ0v) is 21.8. The molecule has 4 aromatic rings. The molecule has 1 aliphatic rings. The number of fused-ring (bicyclic) bond motifs is 1. The second kappa shape index (κ2) is 10.2. The average molecular weight is 482 g/mol. The van der Waals surface area contributed by atoms with Gasteiger partial charge in [0, 0.05) is 31.1 Å². The van der Waals surface area contributed by atoms with Crippen molar-refractivity contribution >= 4 is 22.6 Å². The van der Waals surface area contributed by atoms with E-state index < -0.39 is 0 Å². The molecule has 0 saturated carbocycles. The molecule has 0 bridgehead atoms. The summed E-state index contributed by atoms with van der Waals surface area (Å²) in [7, 11) is 0. The van der Waals surface area contributed by atoms with Gasteiger partial charge in [0.15, 0.2) is 0 Å². The Morgan fingerprint density at radius 1 is 0.917 bits per heavy atom. The fraction of sp³-hybridized carbons (Fsp3) is 0.355. The lowest BCUT2D eigenvalue weighted by Gasteiger charge is -2.18. The van der Waals surface area contributed by atoms with E-state index >= 15 is 0 Å². The van der Waals surface area contributed by atoms with Gasteiger partial charge < -0.3 is 14.2 Å². The van der Waals surface area contributed by atoms with Crippen molar-refractivity contribution < 1.29 is 9.53 Å². The number of nitrogens with zero attached hydrogens (tertiary/aromatic N) is 3. The van der Waals surface area contributed by atoms with Crippen molar-refractivity contribution in [1.82, 2.24) is 9.55 Å². The van der Waals surface area contributed by atoms with Crippen molar-refractivity contribution in [2.75, 3.05) is 18.1 Å².